The Labute approximate surface area is 291 Å². The molecule has 50 heavy (non-hydrogen) atoms. The molecule has 0 radical (unpaired) electrons. The van der Waals surface area contributed by atoms with Gasteiger partial charge in [0.05, 0.1) is 13.1 Å². The van der Waals surface area contributed by atoms with E-state index in [4.69, 9.17) is 9.73 Å². The van der Waals surface area contributed by atoms with E-state index in [9.17, 15) is 13.6 Å². The minimum Gasteiger partial charge on any atom is -0.381 e. The summed E-state index contributed by atoms with van der Waals surface area (Å²) in [5.41, 5.74) is 10.3. The Kier molecular flexibility index (Phi) is 9.02. The van der Waals surface area contributed by atoms with Gasteiger partial charge in [-0.05, 0) is 132 Å². The van der Waals surface area contributed by atoms with Crippen molar-refractivity contribution in [3.8, 4) is 11.1 Å². The van der Waals surface area contributed by atoms with Crippen LogP contribution in [0.25, 0.3) is 11.1 Å². The van der Waals surface area contributed by atoms with Gasteiger partial charge in [-0.1, -0.05) is 12.1 Å². The molecule has 0 spiro atoms. The smallest absolute Gasteiger partial charge is 0.257 e. The van der Waals surface area contributed by atoms with Crippen LogP contribution in [0.2, 0.25) is 0 Å². The highest BCUT2D eigenvalue weighted by atomic mass is 19.1. The van der Waals surface area contributed by atoms with Crippen LogP contribution in [0.15, 0.2) is 76.7 Å². The monoisotopic (exact) mass is 673 g/mol. The number of carbonyl (C=O) groups excluding carboxylic acids is 1. The molecule has 1 amide bonds. The lowest BCUT2D eigenvalue weighted by Crippen LogP contribution is -2.44. The highest BCUT2D eigenvalue weighted by Gasteiger charge is 2.26. The predicted octanol–water partition coefficient (Wildman–Crippen LogP) is 6.57. The van der Waals surface area contributed by atoms with Crippen molar-refractivity contribution >= 4 is 23.6 Å². The second-order valence-corrected chi connectivity index (χ2v) is 14.0. The summed E-state index contributed by atoms with van der Waals surface area (Å²) in [4.78, 5) is 28.1. The molecule has 4 heterocycles. The molecule has 4 aliphatic rings. The molecule has 0 aromatic heterocycles. The van der Waals surface area contributed by atoms with E-state index in [-0.39, 0.29) is 5.91 Å². The largest absolute Gasteiger partial charge is 0.381 e. The van der Waals surface area contributed by atoms with Crippen molar-refractivity contribution in [1.29, 1.82) is 0 Å². The van der Waals surface area contributed by atoms with E-state index < -0.39 is 11.6 Å². The third kappa shape index (κ3) is 6.85. The van der Waals surface area contributed by atoms with Gasteiger partial charge in [0, 0.05) is 68.5 Å². The van der Waals surface area contributed by atoms with Gasteiger partial charge in [0.15, 0.2) is 0 Å². The van der Waals surface area contributed by atoms with Crippen molar-refractivity contribution in [2.24, 2.45) is 15.9 Å². The normalized spacial score (nSPS) is 17.5. The van der Waals surface area contributed by atoms with Crippen LogP contribution in [-0.2, 0) is 30.7 Å². The van der Waals surface area contributed by atoms with Crippen molar-refractivity contribution < 1.29 is 18.3 Å². The van der Waals surface area contributed by atoms with Gasteiger partial charge >= 0.3 is 0 Å². The average Bonchev–Trinajstić information content (AvgIpc) is 3.74. The summed E-state index contributed by atoms with van der Waals surface area (Å²) < 4.78 is 34.2. The number of nitrogens with zero attached hydrogens (tertiary/aromatic N) is 4. The third-order valence-electron chi connectivity index (χ3n) is 10.5. The van der Waals surface area contributed by atoms with Crippen molar-refractivity contribution in [3.05, 3.63) is 123 Å². The van der Waals surface area contributed by atoms with Crippen molar-refractivity contribution in [2.45, 2.75) is 38.8 Å². The topological polar surface area (TPSA) is 69.5 Å². The first-order chi connectivity index (χ1) is 24.4. The molecule has 2 saturated heterocycles. The fraction of sp³-hybridized carbons (Fsp3) is 0.341. The van der Waals surface area contributed by atoms with Crippen LogP contribution in [0.1, 0.15) is 62.1 Å². The average molecular weight is 674 g/mol. The fourth-order valence-electron chi connectivity index (χ4n) is 7.68. The number of halogens is 2. The second-order valence-electron chi connectivity index (χ2n) is 14.0. The van der Waals surface area contributed by atoms with Crippen LogP contribution in [0.4, 0.5) is 14.5 Å². The first kappa shape index (κ1) is 32.5. The van der Waals surface area contributed by atoms with Crippen LogP contribution in [0.3, 0.4) is 0 Å². The quantitative estimate of drug-likeness (QED) is 0.241. The van der Waals surface area contributed by atoms with E-state index in [1.165, 1.54) is 17.7 Å². The summed E-state index contributed by atoms with van der Waals surface area (Å²) in [6.07, 6.45) is 4.99. The first-order valence-corrected chi connectivity index (χ1v) is 17.6. The summed E-state index contributed by atoms with van der Waals surface area (Å²) in [6.45, 7) is 6.53. The van der Waals surface area contributed by atoms with Gasteiger partial charge < -0.3 is 19.9 Å². The SMILES string of the molecule is CN1CCN(c2ccc(C(=O)NC3=NCc4cc(-c5ccc6c(c5)C=NC6)c(Cc5cc(F)cc(F)c5)cc43)c(CC3CCOCC3)c2)CC1. The maximum Gasteiger partial charge on any atom is 0.257 e. The van der Waals surface area contributed by atoms with Gasteiger partial charge in [-0.25, -0.2) is 8.78 Å². The number of piperazine rings is 1. The van der Waals surface area contributed by atoms with Crippen molar-refractivity contribution in [2.75, 3.05) is 51.3 Å². The molecule has 4 aromatic carbocycles. The van der Waals surface area contributed by atoms with Gasteiger partial charge in [0.2, 0.25) is 0 Å². The molecule has 7 nitrogen and oxygen atoms in total. The zero-order valence-electron chi connectivity index (χ0n) is 28.4. The first-order valence-electron chi connectivity index (χ1n) is 17.6. The number of ether oxygens (including phenoxy) is 1. The Morgan fingerprint density at radius 3 is 2.46 bits per heavy atom. The molecule has 0 aliphatic carbocycles. The minimum absolute atomic E-state index is 0.181. The van der Waals surface area contributed by atoms with Crippen LogP contribution >= 0.6 is 0 Å². The van der Waals surface area contributed by atoms with E-state index in [1.54, 1.807) is 0 Å². The highest BCUT2D eigenvalue weighted by Crippen LogP contribution is 2.34. The Balaban J connectivity index is 1.11. The van der Waals surface area contributed by atoms with E-state index >= 15 is 0 Å². The van der Waals surface area contributed by atoms with Crippen LogP contribution in [0.5, 0.6) is 0 Å². The lowest BCUT2D eigenvalue weighted by atomic mass is 9.89. The molecule has 4 aromatic rings. The summed E-state index contributed by atoms with van der Waals surface area (Å²) >= 11 is 0. The van der Waals surface area contributed by atoms with Gasteiger partial charge in [-0.15, -0.1) is 0 Å². The third-order valence-corrected chi connectivity index (χ3v) is 10.5. The predicted molar refractivity (Wildman–Crippen MR) is 193 cm³/mol. The number of anilines is 1. The molecule has 1 N–H and O–H groups in total. The number of fused-ring (bicyclic) bond motifs is 2. The van der Waals surface area contributed by atoms with Gasteiger partial charge in [-0.2, -0.15) is 0 Å². The molecule has 2 fully saturated rings. The summed E-state index contributed by atoms with van der Waals surface area (Å²) in [5, 5.41) is 3.17. The van der Waals surface area contributed by atoms with Crippen LogP contribution < -0.4 is 10.2 Å². The molecule has 8 rings (SSSR count). The number of hydrogen-bond acceptors (Lipinski definition) is 6. The number of rotatable bonds is 7. The van der Waals surface area contributed by atoms with Gasteiger partial charge in [-0.3, -0.25) is 14.8 Å². The Bertz CT molecular complexity index is 1990. The van der Waals surface area contributed by atoms with Crippen molar-refractivity contribution in [1.82, 2.24) is 10.2 Å². The summed E-state index contributed by atoms with van der Waals surface area (Å²) in [7, 11) is 2.15. The minimum atomic E-state index is -0.610. The number of aliphatic imine (C=N–C) groups is 2. The maximum atomic E-state index is 14.3. The van der Waals surface area contributed by atoms with E-state index in [2.05, 4.69) is 63.6 Å². The number of likely N-dealkylation sites (N-methyl/N-ethyl adjacent to an activating group) is 1. The summed E-state index contributed by atoms with van der Waals surface area (Å²) in [6, 6.07) is 20.3. The van der Waals surface area contributed by atoms with Crippen LogP contribution in [0, 0.1) is 17.6 Å². The van der Waals surface area contributed by atoms with E-state index in [0.29, 0.717) is 42.4 Å². The molecular weight excluding hydrogens is 632 g/mol. The fourth-order valence-corrected chi connectivity index (χ4v) is 7.68. The standard InChI is InChI=1S/C41H41F2N5O2/c1-47-8-10-48(11-9-47)36-4-5-37(30(19-36)14-26-6-12-50-13-7-26)41(49)46-40-39-20-31(15-27-16-34(42)22-35(43)17-27)38(21-33(39)25-45-40)28-2-3-29-23-44-24-32(29)18-28/h2-5,16-22,24,26H,6-15,23,25H2,1H3,(H,45,46,49). The molecule has 256 valence electrons. The zero-order chi connectivity index (χ0) is 34.2. The number of carbonyl (C=O) groups is 1. The maximum absolute atomic E-state index is 14.3. The molecule has 4 aliphatic heterocycles. The Morgan fingerprint density at radius 1 is 0.860 bits per heavy atom. The lowest BCUT2D eigenvalue weighted by Gasteiger charge is -2.34. The van der Waals surface area contributed by atoms with E-state index in [0.717, 1.165) is 109 Å². The molecule has 0 atom stereocenters. The van der Waals surface area contributed by atoms with Crippen molar-refractivity contribution in [3.63, 3.8) is 0 Å². The second kappa shape index (κ2) is 13.9. The number of hydrogen-bond donors (Lipinski definition) is 1. The molecule has 9 heteroatoms. The summed E-state index contributed by atoms with van der Waals surface area (Å²) in [5.74, 6) is -0.423. The number of amidine groups is 1. The van der Waals surface area contributed by atoms with E-state index in [1.807, 2.05) is 18.3 Å². The number of nitrogens with one attached hydrogen (secondary N) is 1. The Morgan fingerprint density at radius 2 is 1.66 bits per heavy atom. The molecule has 0 saturated carbocycles. The Hall–Kier alpha value is -4.73. The number of benzene rings is 4. The lowest BCUT2D eigenvalue weighted by molar-refractivity contribution is 0.0664. The van der Waals surface area contributed by atoms with Gasteiger partial charge in [0.25, 0.3) is 5.91 Å². The highest BCUT2D eigenvalue weighted by molar-refractivity contribution is 6.15. The molecule has 0 unspecified atom stereocenters. The van der Waals surface area contributed by atoms with Crippen LogP contribution in [-0.4, -0.2) is 69.3 Å². The molecular formula is C41H41F2N5O2. The van der Waals surface area contributed by atoms with Gasteiger partial charge in [0.1, 0.15) is 17.5 Å². The number of amides is 1. The molecule has 0 bridgehead atoms. The zero-order valence-corrected chi connectivity index (χ0v) is 28.4.